The van der Waals surface area contributed by atoms with E-state index in [2.05, 4.69) is 54.2 Å². The molecule has 1 atom stereocenters. The molecule has 1 heterocycles. The maximum absolute atomic E-state index is 11.8. The predicted molar refractivity (Wildman–Crippen MR) is 83.8 cm³/mol. The first-order chi connectivity index (χ1) is 9.63. The molecule has 0 radical (unpaired) electrons. The Morgan fingerprint density at radius 1 is 1.30 bits per heavy atom. The highest BCUT2D eigenvalue weighted by molar-refractivity contribution is 5.81. The second-order valence-electron chi connectivity index (χ2n) is 5.37. The van der Waals surface area contributed by atoms with Crippen LogP contribution in [0.5, 0.6) is 0 Å². The molecule has 2 aromatic rings. The number of nitrogens with zero attached hydrogens (tertiary/aromatic N) is 1. The Kier molecular flexibility index (Phi) is 4.83. The van der Waals surface area contributed by atoms with Crippen molar-refractivity contribution in [2.45, 2.75) is 52.6 Å². The van der Waals surface area contributed by atoms with Crippen molar-refractivity contribution in [3.63, 3.8) is 0 Å². The highest BCUT2D eigenvalue weighted by Crippen LogP contribution is 2.18. The van der Waals surface area contributed by atoms with Crippen molar-refractivity contribution in [3.05, 3.63) is 36.0 Å². The summed E-state index contributed by atoms with van der Waals surface area (Å²) in [6.45, 7) is 7.25. The number of carbonyl (C=O) groups is 1. The van der Waals surface area contributed by atoms with Crippen LogP contribution in [0.1, 0.15) is 39.2 Å². The fourth-order valence-corrected chi connectivity index (χ4v) is 2.39. The maximum atomic E-state index is 11.8. The van der Waals surface area contributed by atoms with Gasteiger partial charge in [0.1, 0.15) is 0 Å². The van der Waals surface area contributed by atoms with Crippen LogP contribution in [0.4, 0.5) is 0 Å². The monoisotopic (exact) mass is 272 g/mol. The lowest BCUT2D eigenvalue weighted by molar-refractivity contribution is -0.121. The van der Waals surface area contributed by atoms with Crippen molar-refractivity contribution in [2.24, 2.45) is 0 Å². The summed E-state index contributed by atoms with van der Waals surface area (Å²) in [5.41, 5.74) is 2.49. The van der Waals surface area contributed by atoms with E-state index in [-0.39, 0.29) is 11.9 Å². The van der Waals surface area contributed by atoms with Gasteiger partial charge in [0.05, 0.1) is 0 Å². The van der Waals surface area contributed by atoms with Gasteiger partial charge in [0, 0.05) is 30.7 Å². The molecule has 1 amide bonds. The number of carbonyl (C=O) groups excluding carboxylic acids is 1. The molecular formula is C17H24N2O. The smallest absolute Gasteiger partial charge is 0.220 e. The number of nitrogens with one attached hydrogen (secondary N) is 1. The van der Waals surface area contributed by atoms with Crippen LogP contribution in [0.2, 0.25) is 0 Å². The van der Waals surface area contributed by atoms with Crippen LogP contribution in [-0.2, 0) is 17.8 Å². The van der Waals surface area contributed by atoms with Crippen LogP contribution in [0.3, 0.4) is 0 Å². The van der Waals surface area contributed by atoms with E-state index in [1.807, 2.05) is 6.92 Å². The molecule has 3 heteroatoms. The lowest BCUT2D eigenvalue weighted by Crippen LogP contribution is -2.31. The van der Waals surface area contributed by atoms with Gasteiger partial charge >= 0.3 is 0 Å². The molecule has 0 aliphatic carbocycles. The highest BCUT2D eigenvalue weighted by atomic mass is 16.1. The molecule has 0 fully saturated rings. The molecule has 0 aliphatic heterocycles. The van der Waals surface area contributed by atoms with Crippen molar-refractivity contribution in [3.8, 4) is 0 Å². The molecule has 0 saturated carbocycles. The molecule has 1 aromatic carbocycles. The van der Waals surface area contributed by atoms with Gasteiger partial charge in [0.2, 0.25) is 5.91 Å². The lowest BCUT2D eigenvalue weighted by Gasteiger charge is -2.11. The third kappa shape index (κ3) is 3.41. The van der Waals surface area contributed by atoms with E-state index in [4.69, 9.17) is 0 Å². The maximum Gasteiger partial charge on any atom is 0.220 e. The molecule has 0 unspecified atom stereocenters. The van der Waals surface area contributed by atoms with Crippen LogP contribution in [0, 0.1) is 0 Å². The Balaban J connectivity index is 1.98. The van der Waals surface area contributed by atoms with Crippen LogP contribution in [0.15, 0.2) is 30.5 Å². The minimum Gasteiger partial charge on any atom is -0.354 e. The third-order valence-electron chi connectivity index (χ3n) is 3.84. The number of amides is 1. The fraction of sp³-hybridized carbons (Fsp3) is 0.471. The third-order valence-corrected chi connectivity index (χ3v) is 3.84. The van der Waals surface area contributed by atoms with Gasteiger partial charge < -0.3 is 9.88 Å². The van der Waals surface area contributed by atoms with Crippen molar-refractivity contribution in [1.29, 1.82) is 0 Å². The van der Waals surface area contributed by atoms with E-state index in [0.29, 0.717) is 6.42 Å². The number of hydrogen-bond acceptors (Lipinski definition) is 1. The molecular weight excluding hydrogens is 248 g/mol. The van der Waals surface area contributed by atoms with Gasteiger partial charge in [-0.05, 0) is 55.8 Å². The Labute approximate surface area is 121 Å². The van der Waals surface area contributed by atoms with E-state index in [9.17, 15) is 4.79 Å². The summed E-state index contributed by atoms with van der Waals surface area (Å²) in [6.07, 6.45) is 4.45. The average molecular weight is 272 g/mol. The Morgan fingerprint density at radius 3 is 2.80 bits per heavy atom. The minimum atomic E-state index is 0.144. The first-order valence-corrected chi connectivity index (χ1v) is 7.51. The van der Waals surface area contributed by atoms with Gasteiger partial charge in [-0.3, -0.25) is 4.79 Å². The van der Waals surface area contributed by atoms with Crippen molar-refractivity contribution in [2.75, 3.05) is 0 Å². The van der Waals surface area contributed by atoms with Crippen molar-refractivity contribution >= 4 is 16.8 Å². The first-order valence-electron chi connectivity index (χ1n) is 7.51. The summed E-state index contributed by atoms with van der Waals surface area (Å²) in [6, 6.07) is 8.88. The first kappa shape index (κ1) is 14.6. The molecule has 3 nitrogen and oxygen atoms in total. The van der Waals surface area contributed by atoms with Crippen molar-refractivity contribution < 1.29 is 4.79 Å². The second-order valence-corrected chi connectivity index (χ2v) is 5.37. The second kappa shape index (κ2) is 6.60. The predicted octanol–water partition coefficient (Wildman–Crippen LogP) is 3.51. The summed E-state index contributed by atoms with van der Waals surface area (Å²) >= 11 is 0. The largest absolute Gasteiger partial charge is 0.354 e. The zero-order valence-electron chi connectivity index (χ0n) is 12.6. The minimum absolute atomic E-state index is 0.144. The van der Waals surface area contributed by atoms with Crippen LogP contribution in [0.25, 0.3) is 10.9 Å². The average Bonchev–Trinajstić information content (AvgIpc) is 2.87. The van der Waals surface area contributed by atoms with E-state index in [1.54, 1.807) is 0 Å². The van der Waals surface area contributed by atoms with E-state index >= 15 is 0 Å². The molecule has 0 aliphatic rings. The van der Waals surface area contributed by atoms with Gasteiger partial charge in [-0.2, -0.15) is 0 Å². The Bertz CT molecular complexity index is 586. The molecule has 108 valence electrons. The zero-order valence-corrected chi connectivity index (χ0v) is 12.6. The number of benzene rings is 1. The standard InChI is InChI=1S/C17H24N2O/c1-4-13(3)18-17(20)9-7-14-6-8-16-15(12-14)10-11-19(16)5-2/h6,8,10-13H,4-5,7,9H2,1-3H3,(H,18,20)/t13-/m1/s1. The van der Waals surface area contributed by atoms with Crippen LogP contribution >= 0.6 is 0 Å². The number of fused-ring (bicyclic) bond motifs is 1. The van der Waals surface area contributed by atoms with E-state index < -0.39 is 0 Å². The van der Waals surface area contributed by atoms with E-state index in [0.717, 1.165) is 19.4 Å². The molecule has 0 spiro atoms. The fourth-order valence-electron chi connectivity index (χ4n) is 2.39. The number of rotatable bonds is 6. The molecule has 20 heavy (non-hydrogen) atoms. The SMILES string of the molecule is CC[C@@H](C)NC(=O)CCc1ccc2c(ccn2CC)c1. The summed E-state index contributed by atoms with van der Waals surface area (Å²) in [4.78, 5) is 11.8. The van der Waals surface area contributed by atoms with Gasteiger partial charge in [0.15, 0.2) is 0 Å². The van der Waals surface area contributed by atoms with Gasteiger partial charge in [-0.25, -0.2) is 0 Å². The summed E-state index contributed by atoms with van der Waals surface area (Å²) in [5.74, 6) is 0.144. The normalized spacial score (nSPS) is 12.6. The molecule has 0 bridgehead atoms. The van der Waals surface area contributed by atoms with Gasteiger partial charge in [-0.15, -0.1) is 0 Å². The molecule has 2 rings (SSSR count). The number of hydrogen-bond donors (Lipinski definition) is 1. The molecule has 1 aromatic heterocycles. The molecule has 0 saturated heterocycles. The Hall–Kier alpha value is -1.77. The zero-order chi connectivity index (χ0) is 14.5. The summed E-state index contributed by atoms with van der Waals surface area (Å²) < 4.78 is 2.23. The van der Waals surface area contributed by atoms with Gasteiger partial charge in [0.25, 0.3) is 0 Å². The Morgan fingerprint density at radius 2 is 2.10 bits per heavy atom. The van der Waals surface area contributed by atoms with Crippen molar-refractivity contribution in [1.82, 2.24) is 9.88 Å². The summed E-state index contributed by atoms with van der Waals surface area (Å²) in [5, 5.41) is 4.26. The van der Waals surface area contributed by atoms with Crippen LogP contribution < -0.4 is 5.32 Å². The number of aryl methyl sites for hydroxylation is 2. The summed E-state index contributed by atoms with van der Waals surface area (Å²) in [7, 11) is 0. The quantitative estimate of drug-likeness (QED) is 0.858. The molecule has 1 N–H and O–H groups in total. The lowest BCUT2D eigenvalue weighted by atomic mass is 10.1. The topological polar surface area (TPSA) is 34.0 Å². The van der Waals surface area contributed by atoms with Gasteiger partial charge in [-0.1, -0.05) is 13.0 Å². The van der Waals surface area contributed by atoms with E-state index in [1.165, 1.54) is 16.5 Å². The highest BCUT2D eigenvalue weighted by Gasteiger charge is 2.07. The van der Waals surface area contributed by atoms with Crippen LogP contribution in [-0.4, -0.2) is 16.5 Å². The number of aromatic nitrogens is 1.